The first kappa shape index (κ1) is 10.4. The van der Waals surface area contributed by atoms with Gasteiger partial charge in [0.1, 0.15) is 12.7 Å². The van der Waals surface area contributed by atoms with Crippen LogP contribution in [0.1, 0.15) is 13.3 Å². The normalized spacial score (nSPS) is 34.2. The summed E-state index contributed by atoms with van der Waals surface area (Å²) in [5.41, 5.74) is 0. The van der Waals surface area contributed by atoms with Crippen LogP contribution in [0.25, 0.3) is 0 Å². The molecule has 0 bridgehead atoms. The predicted molar refractivity (Wildman–Crippen MR) is 43.0 cm³/mol. The number of esters is 1. The summed E-state index contributed by atoms with van der Waals surface area (Å²) in [6.45, 7) is 1.54. The Hall–Kier alpha value is -0.650. The molecule has 76 valence electrons. The van der Waals surface area contributed by atoms with E-state index in [1.165, 1.54) is 6.92 Å². The molecule has 3 atom stereocenters. The van der Waals surface area contributed by atoms with Gasteiger partial charge in [0.15, 0.2) is 0 Å². The lowest BCUT2D eigenvalue weighted by atomic mass is 10.0. The maximum atomic E-state index is 10.4. The minimum Gasteiger partial charge on any atom is -0.463 e. The van der Waals surface area contributed by atoms with Gasteiger partial charge in [0.25, 0.3) is 0 Å². The molecule has 1 saturated heterocycles. The van der Waals surface area contributed by atoms with Gasteiger partial charge in [0.05, 0.1) is 18.8 Å². The molecule has 0 aliphatic carbocycles. The predicted octanol–water partition coefficient (Wildman–Crippen LogP) is -0.940. The summed E-state index contributed by atoms with van der Waals surface area (Å²) in [6.07, 6.45) is -1.61. The molecule has 5 nitrogen and oxygen atoms in total. The van der Waals surface area contributed by atoms with E-state index in [0.717, 1.165) is 0 Å². The Morgan fingerprint density at radius 2 is 2.23 bits per heavy atom. The molecule has 0 aromatic carbocycles. The van der Waals surface area contributed by atoms with Crippen molar-refractivity contribution in [2.45, 2.75) is 31.7 Å². The van der Waals surface area contributed by atoms with Crippen molar-refractivity contribution in [1.82, 2.24) is 0 Å². The van der Waals surface area contributed by atoms with Crippen molar-refractivity contribution in [1.29, 1.82) is 0 Å². The van der Waals surface area contributed by atoms with Crippen LogP contribution in [0.5, 0.6) is 0 Å². The quantitative estimate of drug-likeness (QED) is 0.550. The van der Waals surface area contributed by atoms with Gasteiger partial charge < -0.3 is 19.7 Å². The van der Waals surface area contributed by atoms with Crippen LogP contribution in [0.4, 0.5) is 0 Å². The Morgan fingerprint density at radius 1 is 1.54 bits per heavy atom. The summed E-state index contributed by atoms with van der Waals surface area (Å²) < 4.78 is 9.83. The average molecular weight is 190 g/mol. The van der Waals surface area contributed by atoms with Gasteiger partial charge in [-0.15, -0.1) is 0 Å². The molecular formula is C8H14O5. The number of carbonyl (C=O) groups excluding carboxylic acids is 1. The number of hydrogen-bond acceptors (Lipinski definition) is 5. The first-order chi connectivity index (χ1) is 6.09. The van der Waals surface area contributed by atoms with Crippen LogP contribution < -0.4 is 0 Å². The Bertz CT molecular complexity index is 181. The molecule has 0 saturated carbocycles. The minimum absolute atomic E-state index is 0.0904. The van der Waals surface area contributed by atoms with Gasteiger partial charge in [-0.2, -0.15) is 0 Å². The minimum atomic E-state index is -0.825. The fourth-order valence-corrected chi connectivity index (χ4v) is 1.17. The van der Waals surface area contributed by atoms with Gasteiger partial charge in [-0.3, -0.25) is 4.79 Å². The van der Waals surface area contributed by atoms with E-state index in [9.17, 15) is 9.90 Å². The lowest BCUT2D eigenvalue weighted by Crippen LogP contribution is -2.42. The monoisotopic (exact) mass is 190 g/mol. The zero-order chi connectivity index (χ0) is 9.84. The molecule has 1 fully saturated rings. The van der Waals surface area contributed by atoms with E-state index in [2.05, 4.69) is 0 Å². The molecule has 1 heterocycles. The van der Waals surface area contributed by atoms with Gasteiger partial charge in [0.2, 0.25) is 0 Å². The number of ether oxygens (including phenoxy) is 2. The highest BCUT2D eigenvalue weighted by atomic mass is 16.6. The maximum Gasteiger partial charge on any atom is 0.302 e. The molecule has 1 aliphatic heterocycles. The molecular weight excluding hydrogens is 176 g/mol. The van der Waals surface area contributed by atoms with Crippen molar-refractivity contribution in [2.24, 2.45) is 0 Å². The second kappa shape index (κ2) is 4.55. The summed E-state index contributed by atoms with van der Waals surface area (Å²) in [4.78, 5) is 10.4. The number of aliphatic hydroxyl groups is 2. The molecule has 2 N–H and O–H groups in total. The summed E-state index contributed by atoms with van der Waals surface area (Å²) in [7, 11) is 0. The van der Waals surface area contributed by atoms with Crippen molar-refractivity contribution in [3.63, 3.8) is 0 Å². The SMILES string of the molecule is CC(=O)OC[C@H]1C[C@H](O)[C@H](O)CO1. The summed E-state index contributed by atoms with van der Waals surface area (Å²) >= 11 is 0. The van der Waals surface area contributed by atoms with Gasteiger partial charge >= 0.3 is 5.97 Å². The maximum absolute atomic E-state index is 10.4. The second-order valence-electron chi connectivity index (χ2n) is 3.13. The van der Waals surface area contributed by atoms with Gasteiger partial charge in [-0.25, -0.2) is 0 Å². The topological polar surface area (TPSA) is 76.0 Å². The first-order valence-corrected chi connectivity index (χ1v) is 4.20. The fourth-order valence-electron chi connectivity index (χ4n) is 1.17. The highest BCUT2D eigenvalue weighted by molar-refractivity contribution is 5.65. The standard InChI is InChI=1S/C8H14O5/c1-5(9)12-3-6-2-7(10)8(11)4-13-6/h6-8,10-11H,2-4H2,1H3/t6-,7+,8-/m1/s1. The molecule has 0 aromatic heterocycles. The lowest BCUT2D eigenvalue weighted by molar-refractivity contribution is -0.158. The second-order valence-corrected chi connectivity index (χ2v) is 3.13. The van der Waals surface area contributed by atoms with E-state index in [-0.39, 0.29) is 25.3 Å². The summed E-state index contributed by atoms with van der Waals surface area (Å²) in [5, 5.41) is 18.3. The first-order valence-electron chi connectivity index (χ1n) is 4.20. The van der Waals surface area contributed by atoms with Gasteiger partial charge in [-0.05, 0) is 0 Å². The molecule has 0 aromatic rings. The van der Waals surface area contributed by atoms with Gasteiger partial charge in [0, 0.05) is 13.3 Å². The van der Waals surface area contributed by atoms with Crippen LogP contribution in [-0.4, -0.2) is 47.7 Å². The highest BCUT2D eigenvalue weighted by Crippen LogP contribution is 2.14. The largest absolute Gasteiger partial charge is 0.463 e. The van der Waals surface area contributed by atoms with E-state index in [1.807, 2.05) is 0 Å². The van der Waals surface area contributed by atoms with Crippen LogP contribution in [0.3, 0.4) is 0 Å². The van der Waals surface area contributed by atoms with Crippen LogP contribution in [-0.2, 0) is 14.3 Å². The molecule has 13 heavy (non-hydrogen) atoms. The Kier molecular flexibility index (Phi) is 3.65. The van der Waals surface area contributed by atoms with E-state index in [0.29, 0.717) is 6.42 Å². The van der Waals surface area contributed by atoms with Crippen molar-refractivity contribution in [2.75, 3.05) is 13.2 Å². The molecule has 1 aliphatic rings. The number of rotatable bonds is 2. The number of aliphatic hydroxyl groups excluding tert-OH is 2. The molecule has 0 spiro atoms. The third-order valence-corrected chi connectivity index (χ3v) is 1.92. The summed E-state index contributed by atoms with van der Waals surface area (Å²) in [6, 6.07) is 0. The van der Waals surface area contributed by atoms with E-state index < -0.39 is 12.2 Å². The van der Waals surface area contributed by atoms with E-state index in [4.69, 9.17) is 14.6 Å². The lowest BCUT2D eigenvalue weighted by Gasteiger charge is -2.29. The number of carbonyl (C=O) groups is 1. The van der Waals surface area contributed by atoms with Crippen LogP contribution >= 0.6 is 0 Å². The molecule has 0 radical (unpaired) electrons. The van der Waals surface area contributed by atoms with Crippen LogP contribution in [0.2, 0.25) is 0 Å². The zero-order valence-electron chi connectivity index (χ0n) is 7.47. The van der Waals surface area contributed by atoms with E-state index in [1.54, 1.807) is 0 Å². The van der Waals surface area contributed by atoms with Crippen molar-refractivity contribution >= 4 is 5.97 Å². The molecule has 5 heteroatoms. The van der Waals surface area contributed by atoms with Crippen molar-refractivity contribution < 1.29 is 24.5 Å². The molecule has 0 unspecified atom stereocenters. The summed E-state index contributed by atoms with van der Waals surface area (Å²) in [5.74, 6) is -0.371. The smallest absolute Gasteiger partial charge is 0.302 e. The third kappa shape index (κ3) is 3.30. The van der Waals surface area contributed by atoms with Crippen LogP contribution in [0, 0.1) is 0 Å². The third-order valence-electron chi connectivity index (χ3n) is 1.92. The average Bonchev–Trinajstić information content (AvgIpc) is 2.07. The Labute approximate surface area is 76.3 Å². The zero-order valence-corrected chi connectivity index (χ0v) is 7.47. The van der Waals surface area contributed by atoms with E-state index >= 15 is 0 Å². The fraction of sp³-hybridized carbons (Fsp3) is 0.875. The highest BCUT2D eigenvalue weighted by Gasteiger charge is 2.28. The van der Waals surface area contributed by atoms with Gasteiger partial charge in [-0.1, -0.05) is 0 Å². The molecule has 1 rings (SSSR count). The Balaban J connectivity index is 2.25. The van der Waals surface area contributed by atoms with Crippen molar-refractivity contribution in [3.8, 4) is 0 Å². The Morgan fingerprint density at radius 3 is 2.77 bits per heavy atom. The molecule has 0 amide bonds. The number of hydrogen-bond donors (Lipinski definition) is 2. The van der Waals surface area contributed by atoms with Crippen LogP contribution in [0.15, 0.2) is 0 Å². The van der Waals surface area contributed by atoms with Crippen molar-refractivity contribution in [3.05, 3.63) is 0 Å².